The van der Waals surface area contributed by atoms with Crippen LogP contribution in [0.5, 0.6) is 5.75 Å². The van der Waals surface area contributed by atoms with Gasteiger partial charge >= 0.3 is 0 Å². The largest absolute Gasteiger partial charge is 0.425 e. The number of primary amides is 1. The number of nitrogens with two attached hydrogens (primary N) is 1. The minimum Gasteiger partial charge on any atom is -0.425 e. The van der Waals surface area contributed by atoms with Gasteiger partial charge in [0, 0.05) is 0 Å². The average Bonchev–Trinajstić information content (AvgIpc) is 2.13. The van der Waals surface area contributed by atoms with Gasteiger partial charge in [-0.15, -0.1) is 0 Å². The van der Waals surface area contributed by atoms with Crippen LogP contribution in [0.25, 0.3) is 0 Å². The molecule has 0 aliphatic carbocycles. The second-order valence-corrected chi connectivity index (χ2v) is 2.32. The van der Waals surface area contributed by atoms with Crippen LogP contribution in [0.2, 0.25) is 0 Å². The van der Waals surface area contributed by atoms with E-state index in [0.717, 1.165) is 12.1 Å². The van der Waals surface area contributed by atoms with Gasteiger partial charge in [-0.3, -0.25) is 9.59 Å². The summed E-state index contributed by atoms with van der Waals surface area (Å²) in [6.45, 7) is -0.0538. The first-order valence-corrected chi connectivity index (χ1v) is 3.46. The Morgan fingerprint density at radius 1 is 1.36 bits per heavy atom. The van der Waals surface area contributed by atoms with Crippen molar-refractivity contribution in [3.63, 3.8) is 0 Å². The van der Waals surface area contributed by atoms with Crippen molar-refractivity contribution in [2.75, 3.05) is 0 Å². The Morgan fingerprint density at radius 2 is 2.00 bits per heavy atom. The van der Waals surface area contributed by atoms with E-state index in [-0.39, 0.29) is 6.47 Å². The fraction of sp³-hybridized carbons (Fsp3) is 0. The average molecular weight is 201 g/mol. The zero-order chi connectivity index (χ0) is 10.7. The van der Waals surface area contributed by atoms with E-state index in [1.807, 2.05) is 0 Å². The molecule has 1 aromatic rings. The third-order valence-electron chi connectivity index (χ3n) is 1.49. The van der Waals surface area contributed by atoms with Gasteiger partial charge in [0.25, 0.3) is 12.4 Å². The second kappa shape index (κ2) is 3.82. The molecule has 1 amide bonds. The predicted molar refractivity (Wildman–Crippen MR) is 41.6 cm³/mol. The van der Waals surface area contributed by atoms with Gasteiger partial charge in [-0.25, -0.2) is 4.39 Å². The molecule has 0 spiro atoms. The molecule has 0 aromatic heterocycles. The maximum absolute atomic E-state index is 13.0. The number of carbonyl (C=O) groups is 2. The molecular weight excluding hydrogens is 196 g/mol. The van der Waals surface area contributed by atoms with E-state index < -0.39 is 28.9 Å². The standard InChI is InChI=1S/C8H5F2NO3/c9-6-4(8(11)13)1-2-5(7(6)10)14-3-12/h1-3H,(H2,11,13). The lowest BCUT2D eigenvalue weighted by Crippen LogP contribution is -2.14. The summed E-state index contributed by atoms with van der Waals surface area (Å²) in [5.41, 5.74) is 4.16. The van der Waals surface area contributed by atoms with Crippen LogP contribution in [0.4, 0.5) is 8.78 Å². The topological polar surface area (TPSA) is 69.4 Å². The molecule has 0 aliphatic rings. The summed E-state index contributed by atoms with van der Waals surface area (Å²) < 4.78 is 30.0. The molecule has 1 aromatic carbocycles. The zero-order valence-corrected chi connectivity index (χ0v) is 6.79. The number of rotatable bonds is 3. The molecule has 0 bridgehead atoms. The van der Waals surface area contributed by atoms with Crippen molar-refractivity contribution in [1.82, 2.24) is 0 Å². The molecule has 0 atom stereocenters. The van der Waals surface area contributed by atoms with Crippen molar-refractivity contribution < 1.29 is 23.1 Å². The number of ether oxygens (including phenoxy) is 1. The Kier molecular flexibility index (Phi) is 2.76. The highest BCUT2D eigenvalue weighted by Crippen LogP contribution is 2.21. The minimum atomic E-state index is -1.43. The Morgan fingerprint density at radius 3 is 2.50 bits per heavy atom. The van der Waals surface area contributed by atoms with Crippen molar-refractivity contribution in [1.29, 1.82) is 0 Å². The van der Waals surface area contributed by atoms with E-state index in [9.17, 15) is 18.4 Å². The number of carbonyl (C=O) groups excluding carboxylic acids is 2. The summed E-state index contributed by atoms with van der Waals surface area (Å²) in [6.07, 6.45) is 0. The van der Waals surface area contributed by atoms with Gasteiger partial charge in [-0.1, -0.05) is 0 Å². The van der Waals surface area contributed by atoms with Crippen molar-refractivity contribution in [2.24, 2.45) is 5.73 Å². The maximum atomic E-state index is 13.0. The molecule has 2 N–H and O–H groups in total. The predicted octanol–water partition coefficient (Wildman–Crippen LogP) is 0.599. The first-order chi connectivity index (χ1) is 6.57. The van der Waals surface area contributed by atoms with E-state index in [1.165, 1.54) is 0 Å². The number of hydrogen-bond acceptors (Lipinski definition) is 3. The lowest BCUT2D eigenvalue weighted by molar-refractivity contribution is -0.120. The molecule has 0 aliphatic heterocycles. The van der Waals surface area contributed by atoms with Crippen molar-refractivity contribution in [3.8, 4) is 5.75 Å². The highest BCUT2D eigenvalue weighted by Gasteiger charge is 2.17. The lowest BCUT2D eigenvalue weighted by Gasteiger charge is -2.03. The van der Waals surface area contributed by atoms with Crippen molar-refractivity contribution in [2.45, 2.75) is 0 Å². The summed E-state index contributed by atoms with van der Waals surface area (Å²) in [4.78, 5) is 20.4. The molecule has 0 heterocycles. The van der Waals surface area contributed by atoms with E-state index in [2.05, 4.69) is 4.74 Å². The van der Waals surface area contributed by atoms with Crippen LogP contribution in [0.15, 0.2) is 12.1 Å². The molecule has 0 unspecified atom stereocenters. The Balaban J connectivity index is 3.25. The van der Waals surface area contributed by atoms with Crippen LogP contribution in [0.1, 0.15) is 10.4 Å². The van der Waals surface area contributed by atoms with Crippen LogP contribution in [0.3, 0.4) is 0 Å². The lowest BCUT2D eigenvalue weighted by atomic mass is 10.2. The minimum absolute atomic E-state index is 0.0538. The normalized spacial score (nSPS) is 9.57. The molecule has 4 nitrogen and oxygen atoms in total. The van der Waals surface area contributed by atoms with Gasteiger partial charge in [0.1, 0.15) is 0 Å². The second-order valence-electron chi connectivity index (χ2n) is 2.32. The summed E-state index contributed by atoms with van der Waals surface area (Å²) in [6, 6.07) is 1.87. The summed E-state index contributed by atoms with van der Waals surface area (Å²) >= 11 is 0. The van der Waals surface area contributed by atoms with E-state index >= 15 is 0 Å². The highest BCUT2D eigenvalue weighted by atomic mass is 19.2. The number of amides is 1. The van der Waals surface area contributed by atoms with Gasteiger partial charge in [0.2, 0.25) is 5.82 Å². The van der Waals surface area contributed by atoms with Gasteiger partial charge in [0.05, 0.1) is 5.56 Å². The summed E-state index contributed by atoms with van der Waals surface area (Å²) in [5.74, 6) is -4.55. The van der Waals surface area contributed by atoms with Gasteiger partial charge in [0.15, 0.2) is 11.6 Å². The third kappa shape index (κ3) is 1.68. The maximum Gasteiger partial charge on any atom is 0.298 e. The number of hydrogen-bond donors (Lipinski definition) is 1. The van der Waals surface area contributed by atoms with Crippen LogP contribution < -0.4 is 10.5 Å². The Hall–Kier alpha value is -1.98. The van der Waals surface area contributed by atoms with Gasteiger partial charge in [-0.2, -0.15) is 4.39 Å². The molecule has 14 heavy (non-hydrogen) atoms. The van der Waals surface area contributed by atoms with E-state index in [4.69, 9.17) is 5.73 Å². The fourth-order valence-corrected chi connectivity index (χ4v) is 0.865. The molecule has 0 saturated heterocycles. The Bertz CT molecular complexity index is 392. The fourth-order valence-electron chi connectivity index (χ4n) is 0.865. The van der Waals surface area contributed by atoms with Crippen molar-refractivity contribution in [3.05, 3.63) is 29.3 Å². The molecule has 0 fully saturated rings. The SMILES string of the molecule is NC(=O)c1ccc(OC=O)c(F)c1F. The smallest absolute Gasteiger partial charge is 0.298 e. The van der Waals surface area contributed by atoms with Crippen LogP contribution >= 0.6 is 0 Å². The van der Waals surface area contributed by atoms with Crippen LogP contribution in [0, 0.1) is 11.6 Å². The van der Waals surface area contributed by atoms with Crippen LogP contribution in [-0.2, 0) is 4.79 Å². The van der Waals surface area contributed by atoms with E-state index in [1.54, 1.807) is 0 Å². The quantitative estimate of drug-likeness (QED) is 0.728. The number of benzene rings is 1. The first-order valence-electron chi connectivity index (χ1n) is 3.46. The Labute approximate surface area is 77.3 Å². The molecular formula is C8H5F2NO3. The van der Waals surface area contributed by atoms with Crippen molar-refractivity contribution >= 4 is 12.4 Å². The van der Waals surface area contributed by atoms with E-state index in [0.29, 0.717) is 0 Å². The highest BCUT2D eigenvalue weighted by molar-refractivity contribution is 5.93. The summed E-state index contributed by atoms with van der Waals surface area (Å²) in [7, 11) is 0. The first kappa shape index (κ1) is 10.1. The zero-order valence-electron chi connectivity index (χ0n) is 6.79. The molecule has 1 rings (SSSR count). The molecule has 6 heteroatoms. The number of halogens is 2. The van der Waals surface area contributed by atoms with Crippen LogP contribution in [-0.4, -0.2) is 12.4 Å². The molecule has 74 valence electrons. The van der Waals surface area contributed by atoms with Gasteiger partial charge in [-0.05, 0) is 12.1 Å². The third-order valence-corrected chi connectivity index (χ3v) is 1.49. The summed E-state index contributed by atoms with van der Waals surface area (Å²) in [5, 5.41) is 0. The molecule has 0 saturated carbocycles. The van der Waals surface area contributed by atoms with Gasteiger partial charge < -0.3 is 10.5 Å². The molecule has 0 radical (unpaired) electrons. The monoisotopic (exact) mass is 201 g/mol.